The zero-order chi connectivity index (χ0) is 18.2. The topological polar surface area (TPSA) is 38.3 Å². The summed E-state index contributed by atoms with van der Waals surface area (Å²) in [6.07, 6.45) is 2.66. The van der Waals surface area contributed by atoms with E-state index in [1.54, 1.807) is 18.9 Å². The van der Waals surface area contributed by atoms with Crippen LogP contribution in [0.5, 0.6) is 5.75 Å². The number of rotatable bonds is 8. The number of aryl methyl sites for hydroxylation is 1. The van der Waals surface area contributed by atoms with E-state index < -0.39 is 0 Å². The highest BCUT2D eigenvalue weighted by atomic mass is 32.2. The van der Waals surface area contributed by atoms with Gasteiger partial charge in [0.25, 0.3) is 5.91 Å². The predicted molar refractivity (Wildman–Crippen MR) is 106 cm³/mol. The lowest BCUT2D eigenvalue weighted by Gasteiger charge is -2.19. The van der Waals surface area contributed by atoms with Gasteiger partial charge in [0.1, 0.15) is 5.75 Å². The highest BCUT2D eigenvalue weighted by Crippen LogP contribution is 2.26. The number of carbonyl (C=O) groups excluding carboxylic acids is 1. The molecule has 0 aliphatic carbocycles. The number of amides is 1. The molecule has 0 aliphatic rings. The fourth-order valence-electron chi connectivity index (χ4n) is 2.70. The molecule has 0 heterocycles. The summed E-state index contributed by atoms with van der Waals surface area (Å²) in [5, 5.41) is 3.16. The molecule has 132 valence electrons. The van der Waals surface area contributed by atoms with Crippen molar-refractivity contribution in [2.75, 3.05) is 12.9 Å². The molecule has 0 bridgehead atoms. The average Bonchev–Trinajstić information content (AvgIpc) is 2.64. The van der Waals surface area contributed by atoms with Crippen molar-refractivity contribution < 1.29 is 9.53 Å². The largest absolute Gasteiger partial charge is 0.496 e. The van der Waals surface area contributed by atoms with Gasteiger partial charge in [-0.25, -0.2) is 0 Å². The zero-order valence-corrected chi connectivity index (χ0v) is 15.9. The minimum atomic E-state index is -0.0486. The van der Waals surface area contributed by atoms with E-state index in [0.29, 0.717) is 5.56 Å². The molecule has 2 aromatic rings. The van der Waals surface area contributed by atoms with Crippen molar-refractivity contribution in [3.63, 3.8) is 0 Å². The molecule has 0 aliphatic heterocycles. The van der Waals surface area contributed by atoms with Crippen molar-refractivity contribution in [1.29, 1.82) is 0 Å². The van der Waals surface area contributed by atoms with Crippen LogP contribution in [0.3, 0.4) is 0 Å². The predicted octanol–water partition coefficient (Wildman–Crippen LogP) is 5.16. The normalized spacial score (nSPS) is 11.6. The van der Waals surface area contributed by atoms with E-state index in [4.69, 9.17) is 4.74 Å². The van der Waals surface area contributed by atoms with Crippen LogP contribution in [0, 0.1) is 6.92 Å². The van der Waals surface area contributed by atoms with Crippen LogP contribution in [0.2, 0.25) is 0 Å². The van der Waals surface area contributed by atoms with Crippen molar-refractivity contribution in [3.8, 4) is 5.75 Å². The highest BCUT2D eigenvalue weighted by molar-refractivity contribution is 7.99. The van der Waals surface area contributed by atoms with Crippen LogP contribution in [0.4, 0.5) is 0 Å². The fraction of sp³-hybridized carbons (Fsp3) is 0.286. The fourth-order valence-corrected chi connectivity index (χ4v) is 3.49. The van der Waals surface area contributed by atoms with Gasteiger partial charge in [0.05, 0.1) is 18.7 Å². The summed E-state index contributed by atoms with van der Waals surface area (Å²) >= 11 is 1.62. The van der Waals surface area contributed by atoms with Gasteiger partial charge in [0.2, 0.25) is 0 Å². The Morgan fingerprint density at radius 3 is 2.72 bits per heavy atom. The van der Waals surface area contributed by atoms with Gasteiger partial charge >= 0.3 is 0 Å². The Balaban J connectivity index is 2.20. The Hall–Kier alpha value is -2.20. The van der Waals surface area contributed by atoms with E-state index in [1.807, 2.05) is 49.4 Å². The summed E-state index contributed by atoms with van der Waals surface area (Å²) in [5.74, 6) is 1.59. The van der Waals surface area contributed by atoms with Gasteiger partial charge in [-0.1, -0.05) is 37.3 Å². The van der Waals surface area contributed by atoms with E-state index in [-0.39, 0.29) is 11.9 Å². The van der Waals surface area contributed by atoms with Gasteiger partial charge in [0, 0.05) is 10.6 Å². The first kappa shape index (κ1) is 19.1. The summed E-state index contributed by atoms with van der Waals surface area (Å²) in [6.45, 7) is 7.83. The first-order chi connectivity index (χ1) is 12.1. The highest BCUT2D eigenvalue weighted by Gasteiger charge is 2.17. The van der Waals surface area contributed by atoms with Gasteiger partial charge in [-0.15, -0.1) is 18.3 Å². The molecule has 1 amide bonds. The molecule has 2 rings (SSSR count). The van der Waals surface area contributed by atoms with Crippen LogP contribution < -0.4 is 10.1 Å². The van der Waals surface area contributed by atoms with Crippen LogP contribution in [0.15, 0.2) is 60.0 Å². The van der Waals surface area contributed by atoms with Crippen molar-refractivity contribution >= 4 is 17.7 Å². The molecule has 1 unspecified atom stereocenters. The molecule has 25 heavy (non-hydrogen) atoms. The number of thioether (sulfide) groups is 1. The van der Waals surface area contributed by atoms with Gasteiger partial charge in [-0.2, -0.15) is 0 Å². The van der Waals surface area contributed by atoms with Crippen LogP contribution in [-0.4, -0.2) is 18.8 Å². The van der Waals surface area contributed by atoms with E-state index in [9.17, 15) is 4.79 Å². The molecule has 1 atom stereocenters. The van der Waals surface area contributed by atoms with Gasteiger partial charge < -0.3 is 10.1 Å². The third kappa shape index (κ3) is 4.89. The Morgan fingerprint density at radius 1 is 1.32 bits per heavy atom. The van der Waals surface area contributed by atoms with Gasteiger partial charge in [-0.05, 0) is 42.7 Å². The van der Waals surface area contributed by atoms with E-state index in [1.165, 1.54) is 0 Å². The lowest BCUT2D eigenvalue weighted by atomic mass is 10.0. The first-order valence-corrected chi connectivity index (χ1v) is 9.37. The van der Waals surface area contributed by atoms with E-state index in [2.05, 4.69) is 24.9 Å². The summed E-state index contributed by atoms with van der Waals surface area (Å²) in [6, 6.07) is 13.7. The zero-order valence-electron chi connectivity index (χ0n) is 15.0. The average molecular weight is 356 g/mol. The molecule has 0 spiro atoms. The van der Waals surface area contributed by atoms with Crippen LogP contribution in [0.1, 0.15) is 40.9 Å². The van der Waals surface area contributed by atoms with Gasteiger partial charge in [-0.3, -0.25) is 4.79 Å². The molecule has 0 radical (unpaired) electrons. The molecular weight excluding hydrogens is 330 g/mol. The molecule has 0 fully saturated rings. The quantitative estimate of drug-likeness (QED) is 0.525. The third-order valence-electron chi connectivity index (χ3n) is 4.02. The Bertz CT molecular complexity index is 742. The summed E-state index contributed by atoms with van der Waals surface area (Å²) < 4.78 is 5.32. The summed E-state index contributed by atoms with van der Waals surface area (Å²) in [4.78, 5) is 13.8. The Labute approximate surface area is 154 Å². The smallest absolute Gasteiger partial charge is 0.252 e. The molecule has 0 saturated carbocycles. The maximum absolute atomic E-state index is 12.8. The molecule has 1 N–H and O–H groups in total. The lowest BCUT2D eigenvalue weighted by Crippen LogP contribution is -2.28. The van der Waals surface area contributed by atoms with Crippen LogP contribution in [0.25, 0.3) is 0 Å². The number of methoxy groups -OCH3 is 1. The second kappa shape index (κ2) is 9.33. The molecule has 4 heteroatoms. The van der Waals surface area contributed by atoms with Crippen molar-refractivity contribution in [1.82, 2.24) is 5.32 Å². The minimum Gasteiger partial charge on any atom is -0.496 e. The minimum absolute atomic E-state index is 0.0328. The number of ether oxygens (including phenoxy) is 1. The summed E-state index contributed by atoms with van der Waals surface area (Å²) in [7, 11) is 1.67. The Kier molecular flexibility index (Phi) is 7.14. The maximum Gasteiger partial charge on any atom is 0.252 e. The van der Waals surface area contributed by atoms with E-state index >= 15 is 0 Å². The lowest BCUT2D eigenvalue weighted by molar-refractivity contribution is 0.0932. The second-order valence-electron chi connectivity index (χ2n) is 5.76. The number of hydrogen-bond donors (Lipinski definition) is 1. The number of nitrogens with one attached hydrogen (secondary N) is 1. The molecule has 0 saturated heterocycles. The summed E-state index contributed by atoms with van der Waals surface area (Å²) in [5.41, 5.74) is 2.86. The van der Waals surface area contributed by atoms with Crippen LogP contribution in [-0.2, 0) is 0 Å². The first-order valence-electron chi connectivity index (χ1n) is 8.38. The molecule has 2 aromatic carbocycles. The number of benzene rings is 2. The monoisotopic (exact) mass is 355 g/mol. The van der Waals surface area contributed by atoms with E-state index in [0.717, 1.165) is 33.9 Å². The molecule has 3 nitrogen and oxygen atoms in total. The SMILES string of the molecule is C=CCSc1ccccc1C(=O)NC(CC)c1ccc(OC)c(C)c1. The van der Waals surface area contributed by atoms with Crippen molar-refractivity contribution in [3.05, 3.63) is 71.8 Å². The van der Waals surface area contributed by atoms with Crippen LogP contribution >= 0.6 is 11.8 Å². The number of carbonyl (C=O) groups is 1. The van der Waals surface area contributed by atoms with Gasteiger partial charge in [0.15, 0.2) is 0 Å². The number of hydrogen-bond acceptors (Lipinski definition) is 3. The van der Waals surface area contributed by atoms with Crippen molar-refractivity contribution in [2.24, 2.45) is 0 Å². The third-order valence-corrected chi connectivity index (χ3v) is 5.09. The molecule has 0 aromatic heterocycles. The maximum atomic E-state index is 12.8. The van der Waals surface area contributed by atoms with Crippen molar-refractivity contribution in [2.45, 2.75) is 31.2 Å². The standard InChI is InChI=1S/C21H25NO2S/c1-5-13-25-20-10-8-7-9-17(20)21(23)22-18(6-2)16-11-12-19(24-4)15(3)14-16/h5,7-12,14,18H,1,6,13H2,2-4H3,(H,22,23). The molecular formula is C21H25NO2S. The second-order valence-corrected chi connectivity index (χ2v) is 6.82. The Morgan fingerprint density at radius 2 is 2.08 bits per heavy atom.